The zero-order chi connectivity index (χ0) is 35.0. The van der Waals surface area contributed by atoms with Crippen molar-refractivity contribution in [2.45, 2.75) is 148 Å². The van der Waals surface area contributed by atoms with Crippen molar-refractivity contribution in [2.24, 2.45) is 0 Å². The third-order valence-electron chi connectivity index (χ3n) is 8.53. The molecule has 0 atom stereocenters. The molecule has 0 fully saturated rings. The Morgan fingerprint density at radius 3 is 0.980 bits per heavy atom. The standard InChI is InChI=1S/C41H62I2O6/c42-36-24-28-38(29-25-36)46-32-19-15-11-7-4-2-1-3-5-9-13-17-22-40(44)48-34-21-35-49-41(45)23-18-14-10-6-8-12-16-20-33-47-39-30-26-37(43)27-31-39/h24-31H,1-23,32-35H2. The maximum atomic E-state index is 12.0. The third-order valence-corrected chi connectivity index (χ3v) is 9.97. The molecule has 276 valence electrons. The number of benzene rings is 2. The van der Waals surface area contributed by atoms with Gasteiger partial charge in [-0.15, -0.1) is 0 Å². The van der Waals surface area contributed by atoms with E-state index in [1.54, 1.807) is 0 Å². The van der Waals surface area contributed by atoms with Gasteiger partial charge in [-0.3, -0.25) is 9.59 Å². The van der Waals surface area contributed by atoms with E-state index in [0.29, 0.717) is 32.5 Å². The van der Waals surface area contributed by atoms with Gasteiger partial charge in [-0.25, -0.2) is 0 Å². The molecule has 0 saturated heterocycles. The first kappa shape index (κ1) is 43.6. The van der Waals surface area contributed by atoms with E-state index in [4.69, 9.17) is 18.9 Å². The van der Waals surface area contributed by atoms with Crippen molar-refractivity contribution < 1.29 is 28.5 Å². The lowest BCUT2D eigenvalue weighted by Gasteiger charge is -2.07. The molecule has 49 heavy (non-hydrogen) atoms. The zero-order valence-corrected chi connectivity index (χ0v) is 34.2. The number of ether oxygens (including phenoxy) is 4. The second-order valence-corrected chi connectivity index (χ2v) is 15.5. The minimum atomic E-state index is -0.144. The van der Waals surface area contributed by atoms with Gasteiger partial charge in [-0.1, -0.05) is 103 Å². The molecule has 0 saturated carbocycles. The lowest BCUT2D eigenvalue weighted by atomic mass is 10.0. The number of hydrogen-bond acceptors (Lipinski definition) is 6. The zero-order valence-electron chi connectivity index (χ0n) is 29.9. The van der Waals surface area contributed by atoms with E-state index in [1.165, 1.54) is 90.6 Å². The molecule has 0 unspecified atom stereocenters. The number of hydrogen-bond donors (Lipinski definition) is 0. The fourth-order valence-corrected chi connectivity index (χ4v) is 6.31. The van der Waals surface area contributed by atoms with Crippen molar-refractivity contribution in [2.75, 3.05) is 26.4 Å². The van der Waals surface area contributed by atoms with Crippen molar-refractivity contribution >= 4 is 57.1 Å². The van der Waals surface area contributed by atoms with Crippen LogP contribution in [0, 0.1) is 7.14 Å². The molecule has 0 radical (unpaired) electrons. The van der Waals surface area contributed by atoms with Gasteiger partial charge in [0.2, 0.25) is 0 Å². The first-order valence-corrected chi connectivity index (χ1v) is 21.3. The number of carbonyl (C=O) groups is 2. The summed E-state index contributed by atoms with van der Waals surface area (Å²) in [4.78, 5) is 23.9. The molecule has 8 heteroatoms. The van der Waals surface area contributed by atoms with Crippen LogP contribution in [-0.2, 0) is 19.1 Å². The van der Waals surface area contributed by atoms with Crippen molar-refractivity contribution in [3.63, 3.8) is 0 Å². The third kappa shape index (κ3) is 26.9. The van der Waals surface area contributed by atoms with Gasteiger partial charge in [0.25, 0.3) is 0 Å². The Labute approximate surface area is 324 Å². The predicted molar refractivity (Wildman–Crippen MR) is 217 cm³/mol. The van der Waals surface area contributed by atoms with E-state index in [9.17, 15) is 9.59 Å². The highest BCUT2D eigenvalue weighted by Gasteiger charge is 2.05. The number of unbranched alkanes of at least 4 members (excludes halogenated alkanes) is 18. The predicted octanol–water partition coefficient (Wildman–Crippen LogP) is 12.4. The summed E-state index contributed by atoms with van der Waals surface area (Å²) in [6, 6.07) is 16.4. The number of esters is 2. The van der Waals surface area contributed by atoms with E-state index < -0.39 is 0 Å². The summed E-state index contributed by atoms with van der Waals surface area (Å²) in [7, 11) is 0. The van der Waals surface area contributed by atoms with Gasteiger partial charge < -0.3 is 18.9 Å². The normalized spacial score (nSPS) is 11.0. The largest absolute Gasteiger partial charge is 0.494 e. The van der Waals surface area contributed by atoms with Crippen LogP contribution >= 0.6 is 45.2 Å². The summed E-state index contributed by atoms with van der Waals surface area (Å²) in [6.07, 6.45) is 25.3. The molecule has 0 aliphatic rings. The monoisotopic (exact) mass is 904 g/mol. The van der Waals surface area contributed by atoms with Crippen LogP contribution in [0.1, 0.15) is 148 Å². The van der Waals surface area contributed by atoms with E-state index in [2.05, 4.69) is 69.4 Å². The molecule has 2 aromatic rings. The Morgan fingerprint density at radius 1 is 0.367 bits per heavy atom. The highest BCUT2D eigenvalue weighted by Crippen LogP contribution is 2.17. The quantitative estimate of drug-likeness (QED) is 0.0414. The Hall–Kier alpha value is -1.56. The molecule has 2 aromatic carbocycles. The Balaban J connectivity index is 1.22. The smallest absolute Gasteiger partial charge is 0.305 e. The summed E-state index contributed by atoms with van der Waals surface area (Å²) in [5.41, 5.74) is 0. The number of carbonyl (C=O) groups excluding carboxylic acids is 2. The van der Waals surface area contributed by atoms with Crippen molar-refractivity contribution in [1.82, 2.24) is 0 Å². The van der Waals surface area contributed by atoms with Crippen LogP contribution in [0.3, 0.4) is 0 Å². The minimum Gasteiger partial charge on any atom is -0.494 e. The summed E-state index contributed by atoms with van der Waals surface area (Å²) in [5, 5.41) is 0. The molecule has 2 rings (SSSR count). The Morgan fingerprint density at radius 2 is 0.653 bits per heavy atom. The first-order chi connectivity index (χ1) is 24.0. The summed E-state index contributed by atoms with van der Waals surface area (Å²) in [6.45, 7) is 2.24. The van der Waals surface area contributed by atoms with Gasteiger partial charge in [0, 0.05) is 26.4 Å². The van der Waals surface area contributed by atoms with Crippen LogP contribution in [0.15, 0.2) is 48.5 Å². The maximum absolute atomic E-state index is 12.0. The van der Waals surface area contributed by atoms with Gasteiger partial charge in [0.15, 0.2) is 0 Å². The first-order valence-electron chi connectivity index (χ1n) is 19.1. The molecule has 0 N–H and O–H groups in total. The molecule has 0 aliphatic carbocycles. The summed E-state index contributed by atoms with van der Waals surface area (Å²) < 4.78 is 24.6. The molecular weight excluding hydrogens is 842 g/mol. The fraction of sp³-hybridized carbons (Fsp3) is 0.659. The molecule has 0 spiro atoms. The Bertz CT molecular complexity index is 1080. The lowest BCUT2D eigenvalue weighted by Crippen LogP contribution is -2.10. The fourth-order valence-electron chi connectivity index (χ4n) is 5.59. The average molecular weight is 905 g/mol. The van der Waals surface area contributed by atoms with E-state index in [-0.39, 0.29) is 11.9 Å². The van der Waals surface area contributed by atoms with Crippen LogP contribution < -0.4 is 9.47 Å². The molecule has 0 amide bonds. The van der Waals surface area contributed by atoms with Crippen LogP contribution in [0.4, 0.5) is 0 Å². The van der Waals surface area contributed by atoms with Crippen LogP contribution in [0.25, 0.3) is 0 Å². The van der Waals surface area contributed by atoms with Gasteiger partial charge in [-0.05, 0) is 119 Å². The van der Waals surface area contributed by atoms with E-state index in [0.717, 1.165) is 69.7 Å². The second-order valence-electron chi connectivity index (χ2n) is 13.0. The van der Waals surface area contributed by atoms with Crippen molar-refractivity contribution in [1.29, 1.82) is 0 Å². The highest BCUT2D eigenvalue weighted by molar-refractivity contribution is 14.1. The average Bonchev–Trinajstić information content (AvgIpc) is 3.10. The maximum Gasteiger partial charge on any atom is 0.305 e. The SMILES string of the molecule is O=C(CCCCCCCCCCCCCCOc1ccc(I)cc1)OCCCOC(=O)CCCCCCCCCCOc1ccc(I)cc1. The second kappa shape index (κ2) is 31.2. The van der Waals surface area contributed by atoms with E-state index >= 15 is 0 Å². The molecule has 0 heterocycles. The number of rotatable bonds is 32. The molecule has 6 nitrogen and oxygen atoms in total. The Kier molecular flexibility index (Phi) is 27.8. The number of halogens is 2. The molecular formula is C41H62I2O6. The molecule has 0 aromatic heterocycles. The van der Waals surface area contributed by atoms with Crippen LogP contribution in [-0.4, -0.2) is 38.4 Å². The topological polar surface area (TPSA) is 71.1 Å². The molecule has 0 aliphatic heterocycles. The van der Waals surface area contributed by atoms with Gasteiger partial charge >= 0.3 is 11.9 Å². The molecule has 0 bridgehead atoms. The van der Waals surface area contributed by atoms with Gasteiger partial charge in [-0.2, -0.15) is 0 Å². The van der Waals surface area contributed by atoms with Crippen molar-refractivity contribution in [3.05, 3.63) is 55.7 Å². The van der Waals surface area contributed by atoms with Gasteiger partial charge in [0.05, 0.1) is 26.4 Å². The van der Waals surface area contributed by atoms with Crippen LogP contribution in [0.2, 0.25) is 0 Å². The minimum absolute atomic E-state index is 0.136. The highest BCUT2D eigenvalue weighted by atomic mass is 127. The van der Waals surface area contributed by atoms with Crippen molar-refractivity contribution in [3.8, 4) is 11.5 Å². The van der Waals surface area contributed by atoms with Crippen LogP contribution in [0.5, 0.6) is 11.5 Å². The summed E-state index contributed by atoms with van der Waals surface area (Å²) in [5.74, 6) is 1.64. The van der Waals surface area contributed by atoms with E-state index in [1.807, 2.05) is 24.3 Å². The lowest BCUT2D eigenvalue weighted by molar-refractivity contribution is -0.146. The summed E-state index contributed by atoms with van der Waals surface area (Å²) >= 11 is 4.61. The van der Waals surface area contributed by atoms with Gasteiger partial charge in [0.1, 0.15) is 11.5 Å².